The Morgan fingerprint density at radius 3 is 2.30 bits per heavy atom. The zero-order chi connectivity index (χ0) is 14.8. The average Bonchev–Trinajstić information content (AvgIpc) is 2.42. The first-order chi connectivity index (χ1) is 9.42. The normalized spacial score (nSPS) is 10.8. The van der Waals surface area contributed by atoms with Crippen LogP contribution in [0.4, 0.5) is 5.69 Å². The van der Waals surface area contributed by atoms with Gasteiger partial charge in [0.2, 0.25) is 0 Å². The molecule has 0 bridgehead atoms. The highest BCUT2D eigenvalue weighted by Crippen LogP contribution is 2.27. The highest BCUT2D eigenvalue weighted by Gasteiger charge is 2.18. The SMILES string of the molecule is N#Cc1ccc(NS(=O)(=O)c2cc(Br)ccc2Br)cc1. The third-order valence-electron chi connectivity index (χ3n) is 2.45. The van der Waals surface area contributed by atoms with Crippen molar-refractivity contribution in [1.29, 1.82) is 5.26 Å². The van der Waals surface area contributed by atoms with E-state index in [1.165, 1.54) is 6.07 Å². The van der Waals surface area contributed by atoms with Crippen molar-refractivity contribution in [2.75, 3.05) is 4.72 Å². The number of sulfonamides is 1. The molecule has 0 unspecified atom stereocenters. The van der Waals surface area contributed by atoms with Crippen LogP contribution in [0.3, 0.4) is 0 Å². The number of rotatable bonds is 3. The molecule has 0 saturated carbocycles. The fourth-order valence-corrected chi connectivity index (χ4v) is 4.07. The van der Waals surface area contributed by atoms with E-state index in [9.17, 15) is 8.42 Å². The van der Waals surface area contributed by atoms with Crippen molar-refractivity contribution in [3.63, 3.8) is 0 Å². The van der Waals surface area contributed by atoms with E-state index in [-0.39, 0.29) is 4.90 Å². The Bertz CT molecular complexity index is 781. The molecule has 0 spiro atoms. The van der Waals surface area contributed by atoms with Crippen LogP contribution in [0.25, 0.3) is 0 Å². The highest BCUT2D eigenvalue weighted by atomic mass is 79.9. The van der Waals surface area contributed by atoms with Gasteiger partial charge < -0.3 is 0 Å². The molecule has 20 heavy (non-hydrogen) atoms. The molecule has 0 radical (unpaired) electrons. The molecule has 102 valence electrons. The molecule has 0 aliphatic rings. The zero-order valence-corrected chi connectivity index (χ0v) is 14.0. The number of nitrogens with zero attached hydrogens (tertiary/aromatic N) is 1. The molecular formula is C13H8Br2N2O2S. The highest BCUT2D eigenvalue weighted by molar-refractivity contribution is 9.11. The lowest BCUT2D eigenvalue weighted by molar-refractivity contribution is 0.600. The zero-order valence-electron chi connectivity index (χ0n) is 9.97. The van der Waals surface area contributed by atoms with E-state index >= 15 is 0 Å². The van der Waals surface area contributed by atoms with E-state index in [1.54, 1.807) is 36.4 Å². The van der Waals surface area contributed by atoms with Crippen LogP contribution in [0, 0.1) is 11.3 Å². The summed E-state index contributed by atoms with van der Waals surface area (Å²) in [5.41, 5.74) is 0.868. The van der Waals surface area contributed by atoms with Gasteiger partial charge in [-0.1, -0.05) is 15.9 Å². The molecule has 0 heterocycles. The molecule has 0 aromatic heterocycles. The van der Waals surface area contributed by atoms with Gasteiger partial charge in [-0.3, -0.25) is 4.72 Å². The van der Waals surface area contributed by atoms with Crippen LogP contribution in [-0.2, 0) is 10.0 Å². The number of nitrogens with one attached hydrogen (secondary N) is 1. The summed E-state index contributed by atoms with van der Waals surface area (Å²) >= 11 is 6.46. The third kappa shape index (κ3) is 3.39. The number of benzene rings is 2. The topological polar surface area (TPSA) is 70.0 Å². The van der Waals surface area contributed by atoms with Crippen LogP contribution in [0.2, 0.25) is 0 Å². The smallest absolute Gasteiger partial charge is 0.263 e. The van der Waals surface area contributed by atoms with Crippen molar-refractivity contribution >= 4 is 47.6 Å². The van der Waals surface area contributed by atoms with E-state index < -0.39 is 10.0 Å². The second-order valence-corrected chi connectivity index (χ2v) is 7.29. The van der Waals surface area contributed by atoms with Crippen molar-refractivity contribution in [1.82, 2.24) is 0 Å². The number of nitriles is 1. The third-order valence-corrected chi connectivity index (χ3v) is 5.32. The van der Waals surface area contributed by atoms with Gasteiger partial charge in [0.25, 0.3) is 10.0 Å². The van der Waals surface area contributed by atoms with E-state index in [1.807, 2.05) is 6.07 Å². The van der Waals surface area contributed by atoms with Crippen LogP contribution in [-0.4, -0.2) is 8.42 Å². The Hall–Kier alpha value is -1.36. The van der Waals surface area contributed by atoms with Crippen molar-refractivity contribution in [3.05, 3.63) is 57.0 Å². The van der Waals surface area contributed by atoms with Gasteiger partial charge >= 0.3 is 0 Å². The summed E-state index contributed by atoms with van der Waals surface area (Å²) in [5.74, 6) is 0. The van der Waals surface area contributed by atoms with Crippen LogP contribution in [0.1, 0.15) is 5.56 Å². The van der Waals surface area contributed by atoms with Gasteiger partial charge in [-0.2, -0.15) is 5.26 Å². The van der Waals surface area contributed by atoms with Crippen molar-refractivity contribution in [2.45, 2.75) is 4.90 Å². The maximum atomic E-state index is 12.3. The summed E-state index contributed by atoms with van der Waals surface area (Å²) in [6.45, 7) is 0. The minimum atomic E-state index is -3.70. The second kappa shape index (κ2) is 5.95. The molecule has 0 fully saturated rings. The summed E-state index contributed by atoms with van der Waals surface area (Å²) in [6.07, 6.45) is 0. The number of hydrogen-bond acceptors (Lipinski definition) is 3. The van der Waals surface area contributed by atoms with E-state index in [4.69, 9.17) is 5.26 Å². The lowest BCUT2D eigenvalue weighted by Gasteiger charge is -2.10. The summed E-state index contributed by atoms with van der Waals surface area (Å²) in [6, 6.07) is 13.1. The Balaban J connectivity index is 2.35. The van der Waals surface area contributed by atoms with Crippen molar-refractivity contribution < 1.29 is 8.42 Å². The molecule has 1 N–H and O–H groups in total. The molecule has 2 rings (SSSR count). The first-order valence-electron chi connectivity index (χ1n) is 5.40. The van der Waals surface area contributed by atoms with Crippen molar-refractivity contribution in [2.24, 2.45) is 0 Å². The molecule has 0 aliphatic heterocycles. The van der Waals surface area contributed by atoms with Gasteiger partial charge in [0.15, 0.2) is 0 Å². The van der Waals surface area contributed by atoms with Gasteiger partial charge in [0, 0.05) is 14.6 Å². The Morgan fingerprint density at radius 1 is 1.05 bits per heavy atom. The van der Waals surface area contributed by atoms with Crippen LogP contribution < -0.4 is 4.72 Å². The predicted octanol–water partition coefficient (Wildman–Crippen LogP) is 3.88. The monoisotopic (exact) mass is 414 g/mol. The molecule has 0 saturated heterocycles. The number of anilines is 1. The molecule has 0 aliphatic carbocycles. The minimum Gasteiger partial charge on any atom is -0.280 e. The van der Waals surface area contributed by atoms with Crippen molar-refractivity contribution in [3.8, 4) is 6.07 Å². The largest absolute Gasteiger partial charge is 0.280 e. The summed E-state index contributed by atoms with van der Waals surface area (Å²) in [5, 5.41) is 8.71. The molecule has 0 amide bonds. The minimum absolute atomic E-state index is 0.135. The standard InChI is InChI=1S/C13H8Br2N2O2S/c14-10-3-6-12(15)13(7-10)20(18,19)17-11-4-1-9(8-16)2-5-11/h1-7,17H. The molecule has 2 aromatic carbocycles. The Labute approximate surface area is 133 Å². The lowest BCUT2D eigenvalue weighted by Crippen LogP contribution is -2.13. The van der Waals surface area contributed by atoms with Gasteiger partial charge in [-0.25, -0.2) is 8.42 Å². The average molecular weight is 416 g/mol. The lowest BCUT2D eigenvalue weighted by atomic mass is 10.2. The van der Waals surface area contributed by atoms with Gasteiger partial charge in [0.05, 0.1) is 11.6 Å². The number of halogens is 2. The predicted molar refractivity (Wildman–Crippen MR) is 83.8 cm³/mol. The van der Waals surface area contributed by atoms with Gasteiger partial charge in [-0.05, 0) is 58.4 Å². The Kier molecular flexibility index (Phi) is 4.48. The first-order valence-corrected chi connectivity index (χ1v) is 8.47. The van der Waals surface area contributed by atoms with Crippen LogP contribution in [0.5, 0.6) is 0 Å². The fraction of sp³-hybridized carbons (Fsp3) is 0. The van der Waals surface area contributed by atoms with E-state index in [2.05, 4.69) is 36.6 Å². The maximum Gasteiger partial charge on any atom is 0.263 e. The second-order valence-electron chi connectivity index (χ2n) is 3.87. The summed E-state index contributed by atoms with van der Waals surface area (Å²) < 4.78 is 28.2. The Morgan fingerprint density at radius 2 is 1.70 bits per heavy atom. The van der Waals surface area contributed by atoms with Crippen LogP contribution in [0.15, 0.2) is 56.3 Å². The molecule has 2 aromatic rings. The molecule has 7 heteroatoms. The van der Waals surface area contributed by atoms with E-state index in [0.29, 0.717) is 20.2 Å². The summed E-state index contributed by atoms with van der Waals surface area (Å²) in [4.78, 5) is 0.135. The number of hydrogen-bond donors (Lipinski definition) is 1. The van der Waals surface area contributed by atoms with Crippen LogP contribution >= 0.6 is 31.9 Å². The first kappa shape index (κ1) is 15.0. The summed E-state index contributed by atoms with van der Waals surface area (Å²) in [7, 11) is -3.70. The molecule has 4 nitrogen and oxygen atoms in total. The fourth-order valence-electron chi connectivity index (χ4n) is 1.51. The van der Waals surface area contributed by atoms with Gasteiger partial charge in [-0.15, -0.1) is 0 Å². The maximum absolute atomic E-state index is 12.3. The quantitative estimate of drug-likeness (QED) is 0.826. The van der Waals surface area contributed by atoms with E-state index in [0.717, 1.165) is 0 Å². The molecular weight excluding hydrogens is 408 g/mol. The van der Waals surface area contributed by atoms with Gasteiger partial charge in [0.1, 0.15) is 4.90 Å². The molecule has 0 atom stereocenters.